The van der Waals surface area contributed by atoms with Crippen LogP contribution < -0.4 is 5.32 Å². The molecule has 0 radical (unpaired) electrons. The third-order valence-electron chi connectivity index (χ3n) is 3.38. The molecule has 1 nitrogen and oxygen atoms in total. The molecule has 1 N–H and O–H groups in total. The fraction of sp³-hybridized carbons (Fsp3) is 0.294. The summed E-state index contributed by atoms with van der Waals surface area (Å²) in [4.78, 5) is 0. The average molecular weight is 401 g/mol. The zero-order valence-electron chi connectivity index (χ0n) is 11.9. The van der Waals surface area contributed by atoms with Crippen LogP contribution in [0, 0.1) is 15.2 Å². The third kappa shape index (κ3) is 4.48. The van der Waals surface area contributed by atoms with Crippen LogP contribution in [-0.2, 0) is 6.42 Å². The number of hydrogen-bond donors (Lipinski definition) is 1. The Labute approximate surface area is 137 Å². The van der Waals surface area contributed by atoms with E-state index in [0.29, 0.717) is 6.42 Å². The molecule has 0 saturated heterocycles. The molecule has 4 heteroatoms. The second-order valence-corrected chi connectivity index (χ2v) is 6.21. The number of halogens is 3. The predicted octanol–water partition coefficient (Wildman–Crippen LogP) is 4.85. The number of hydrogen-bond acceptors (Lipinski definition) is 1. The molecular weight excluding hydrogens is 383 g/mol. The second-order valence-electron chi connectivity index (χ2n) is 4.96. The summed E-state index contributed by atoms with van der Waals surface area (Å²) in [6.45, 7) is 2.88. The van der Waals surface area contributed by atoms with E-state index in [1.165, 1.54) is 18.2 Å². The molecule has 0 saturated carbocycles. The quantitative estimate of drug-likeness (QED) is 0.683. The highest BCUT2D eigenvalue weighted by atomic mass is 127. The van der Waals surface area contributed by atoms with E-state index < -0.39 is 11.6 Å². The predicted molar refractivity (Wildman–Crippen MR) is 90.3 cm³/mol. The van der Waals surface area contributed by atoms with Crippen LogP contribution in [0.1, 0.15) is 30.5 Å². The van der Waals surface area contributed by atoms with Gasteiger partial charge < -0.3 is 5.32 Å². The summed E-state index contributed by atoms with van der Waals surface area (Å²) in [6.07, 6.45) is 1.28. The average Bonchev–Trinajstić information content (AvgIpc) is 2.47. The molecule has 0 bridgehead atoms. The first kappa shape index (κ1) is 16.4. The highest BCUT2D eigenvalue weighted by molar-refractivity contribution is 14.1. The van der Waals surface area contributed by atoms with E-state index in [-0.39, 0.29) is 11.6 Å². The van der Waals surface area contributed by atoms with Gasteiger partial charge in [0, 0.05) is 15.2 Å². The standard InChI is InChI=1S/C17H18F2IN/c1-2-10-21-17(12-6-8-13(20)9-7-12)11-14-15(18)4-3-5-16(14)19/h3-9,17,21H,2,10-11H2,1H3. The molecule has 0 spiro atoms. The van der Waals surface area contributed by atoms with E-state index >= 15 is 0 Å². The highest BCUT2D eigenvalue weighted by Crippen LogP contribution is 2.23. The highest BCUT2D eigenvalue weighted by Gasteiger charge is 2.17. The minimum atomic E-state index is -0.483. The fourth-order valence-electron chi connectivity index (χ4n) is 2.25. The van der Waals surface area contributed by atoms with Crippen molar-refractivity contribution in [1.29, 1.82) is 0 Å². The fourth-order valence-corrected chi connectivity index (χ4v) is 2.61. The van der Waals surface area contributed by atoms with Crippen molar-refractivity contribution in [1.82, 2.24) is 5.32 Å². The van der Waals surface area contributed by atoms with E-state index in [2.05, 4.69) is 34.8 Å². The summed E-state index contributed by atoms with van der Waals surface area (Å²) in [5.74, 6) is -0.965. The van der Waals surface area contributed by atoms with Crippen LogP contribution in [0.5, 0.6) is 0 Å². The molecule has 2 rings (SSSR count). The Morgan fingerprint density at radius 1 is 1.05 bits per heavy atom. The first-order valence-corrected chi connectivity index (χ1v) is 8.11. The summed E-state index contributed by atoms with van der Waals surface area (Å²) < 4.78 is 28.8. The molecule has 0 aliphatic heterocycles. The summed E-state index contributed by atoms with van der Waals surface area (Å²) in [5.41, 5.74) is 1.19. The Morgan fingerprint density at radius 3 is 2.24 bits per heavy atom. The van der Waals surface area contributed by atoms with Crippen molar-refractivity contribution in [3.05, 3.63) is 68.8 Å². The van der Waals surface area contributed by atoms with Crippen molar-refractivity contribution in [2.75, 3.05) is 6.54 Å². The largest absolute Gasteiger partial charge is 0.310 e. The van der Waals surface area contributed by atoms with Crippen LogP contribution in [0.25, 0.3) is 0 Å². The lowest BCUT2D eigenvalue weighted by Gasteiger charge is -2.20. The lowest BCUT2D eigenvalue weighted by atomic mass is 9.98. The molecule has 112 valence electrons. The summed E-state index contributed by atoms with van der Waals surface area (Å²) in [5, 5.41) is 3.37. The zero-order chi connectivity index (χ0) is 15.2. The summed E-state index contributed by atoms with van der Waals surface area (Å²) >= 11 is 2.24. The van der Waals surface area contributed by atoms with Crippen molar-refractivity contribution in [3.63, 3.8) is 0 Å². The van der Waals surface area contributed by atoms with E-state index in [1.54, 1.807) is 0 Å². The molecule has 2 aromatic carbocycles. The number of rotatable bonds is 6. The third-order valence-corrected chi connectivity index (χ3v) is 4.10. The summed E-state index contributed by atoms with van der Waals surface area (Å²) in [7, 11) is 0. The minimum absolute atomic E-state index is 0.0895. The Kier molecular flexibility index (Phi) is 6.11. The molecule has 0 aliphatic rings. The molecule has 0 aliphatic carbocycles. The van der Waals surface area contributed by atoms with Crippen LogP contribution in [0.2, 0.25) is 0 Å². The summed E-state index contributed by atoms with van der Waals surface area (Å²) in [6, 6.07) is 12.0. The van der Waals surface area contributed by atoms with E-state index in [0.717, 1.165) is 22.1 Å². The maximum atomic E-state index is 13.8. The van der Waals surface area contributed by atoms with Gasteiger partial charge in [0.05, 0.1) is 0 Å². The van der Waals surface area contributed by atoms with Crippen molar-refractivity contribution < 1.29 is 8.78 Å². The van der Waals surface area contributed by atoms with Crippen molar-refractivity contribution in [3.8, 4) is 0 Å². The molecule has 1 unspecified atom stereocenters. The molecule has 0 fully saturated rings. The van der Waals surface area contributed by atoms with Crippen LogP contribution in [-0.4, -0.2) is 6.54 Å². The maximum absolute atomic E-state index is 13.8. The molecule has 21 heavy (non-hydrogen) atoms. The normalized spacial score (nSPS) is 12.4. The van der Waals surface area contributed by atoms with Gasteiger partial charge in [0.2, 0.25) is 0 Å². The molecule has 2 aromatic rings. The monoisotopic (exact) mass is 401 g/mol. The van der Waals surface area contributed by atoms with Gasteiger partial charge >= 0.3 is 0 Å². The van der Waals surface area contributed by atoms with Crippen LogP contribution in [0.3, 0.4) is 0 Å². The Balaban J connectivity index is 2.26. The zero-order valence-corrected chi connectivity index (χ0v) is 14.0. The van der Waals surface area contributed by atoms with Gasteiger partial charge in [-0.2, -0.15) is 0 Å². The number of benzene rings is 2. The van der Waals surface area contributed by atoms with E-state index in [1.807, 2.05) is 24.3 Å². The Hall–Kier alpha value is -1.01. The van der Waals surface area contributed by atoms with Gasteiger partial charge in [-0.3, -0.25) is 0 Å². The van der Waals surface area contributed by atoms with Gasteiger partial charge in [0.15, 0.2) is 0 Å². The lowest BCUT2D eigenvalue weighted by molar-refractivity contribution is 0.490. The van der Waals surface area contributed by atoms with Gasteiger partial charge in [0.25, 0.3) is 0 Å². The topological polar surface area (TPSA) is 12.0 Å². The van der Waals surface area contributed by atoms with Crippen molar-refractivity contribution >= 4 is 22.6 Å². The van der Waals surface area contributed by atoms with Gasteiger partial charge in [-0.15, -0.1) is 0 Å². The van der Waals surface area contributed by atoms with Crippen molar-refractivity contribution in [2.24, 2.45) is 0 Å². The van der Waals surface area contributed by atoms with Gasteiger partial charge in [-0.05, 0) is 71.8 Å². The smallest absolute Gasteiger partial charge is 0.129 e. The van der Waals surface area contributed by atoms with E-state index in [9.17, 15) is 8.78 Å². The van der Waals surface area contributed by atoms with Gasteiger partial charge in [-0.1, -0.05) is 25.1 Å². The first-order chi connectivity index (χ1) is 10.1. The molecule has 0 amide bonds. The Morgan fingerprint density at radius 2 is 1.67 bits per heavy atom. The van der Waals surface area contributed by atoms with Gasteiger partial charge in [-0.25, -0.2) is 8.78 Å². The minimum Gasteiger partial charge on any atom is -0.310 e. The lowest BCUT2D eigenvalue weighted by Crippen LogP contribution is -2.25. The molecule has 0 heterocycles. The first-order valence-electron chi connectivity index (χ1n) is 7.03. The molecular formula is C17H18F2IN. The van der Waals surface area contributed by atoms with Crippen molar-refractivity contribution in [2.45, 2.75) is 25.8 Å². The second kappa shape index (κ2) is 7.84. The SMILES string of the molecule is CCCNC(Cc1c(F)cccc1F)c1ccc(I)cc1. The molecule has 0 aromatic heterocycles. The molecule has 1 atom stereocenters. The van der Waals surface area contributed by atoms with Gasteiger partial charge in [0.1, 0.15) is 11.6 Å². The van der Waals surface area contributed by atoms with Crippen LogP contribution >= 0.6 is 22.6 Å². The van der Waals surface area contributed by atoms with Crippen LogP contribution in [0.4, 0.5) is 8.78 Å². The Bertz CT molecular complexity index is 564. The van der Waals surface area contributed by atoms with Crippen LogP contribution in [0.15, 0.2) is 42.5 Å². The maximum Gasteiger partial charge on any atom is 0.129 e. The van der Waals surface area contributed by atoms with E-state index in [4.69, 9.17) is 0 Å². The number of nitrogens with one attached hydrogen (secondary N) is 1.